The van der Waals surface area contributed by atoms with Gasteiger partial charge in [0.2, 0.25) is 5.88 Å². The maximum absolute atomic E-state index is 11.3. The molecule has 0 bridgehead atoms. The lowest BCUT2D eigenvalue weighted by molar-refractivity contribution is 0.393. The topological polar surface area (TPSA) is 101 Å². The van der Waals surface area contributed by atoms with Gasteiger partial charge in [0.15, 0.2) is 11.2 Å². The van der Waals surface area contributed by atoms with E-state index in [-0.39, 0.29) is 17.0 Å². The molecule has 2 aromatic rings. The summed E-state index contributed by atoms with van der Waals surface area (Å²) in [6.45, 7) is 1.67. The zero-order chi connectivity index (χ0) is 11.0. The number of fused-ring (bicyclic) bond motifs is 1. The first-order chi connectivity index (χ1) is 7.11. The Morgan fingerprint density at radius 2 is 1.93 bits per heavy atom. The summed E-state index contributed by atoms with van der Waals surface area (Å²) < 4.78 is 4.92. The smallest absolute Gasteiger partial charge is 0.327 e. The molecule has 0 unspecified atom stereocenters. The van der Waals surface area contributed by atoms with Gasteiger partial charge >= 0.3 is 5.69 Å². The molecule has 0 amide bonds. The summed E-state index contributed by atoms with van der Waals surface area (Å²) in [6.07, 6.45) is 0. The highest BCUT2D eigenvalue weighted by atomic mass is 16.5. The second-order valence-corrected chi connectivity index (χ2v) is 2.92. The monoisotopic (exact) mass is 208 g/mol. The van der Waals surface area contributed by atoms with Crippen LogP contribution in [0.15, 0.2) is 9.59 Å². The van der Waals surface area contributed by atoms with E-state index in [0.29, 0.717) is 5.69 Å². The second kappa shape index (κ2) is 3.19. The summed E-state index contributed by atoms with van der Waals surface area (Å²) in [4.78, 5) is 34.7. The number of hydrogen-bond donors (Lipinski definition) is 2. The van der Waals surface area contributed by atoms with Crippen LogP contribution < -0.4 is 16.0 Å². The van der Waals surface area contributed by atoms with Crippen LogP contribution in [0.1, 0.15) is 5.69 Å². The molecule has 0 aliphatic heterocycles. The Kier molecular flexibility index (Phi) is 2.00. The minimum atomic E-state index is -0.605. The van der Waals surface area contributed by atoms with E-state index >= 15 is 0 Å². The van der Waals surface area contributed by atoms with Gasteiger partial charge in [-0.15, -0.1) is 0 Å². The number of hydrogen-bond acceptors (Lipinski definition) is 5. The van der Waals surface area contributed by atoms with Gasteiger partial charge in [-0.1, -0.05) is 0 Å². The zero-order valence-corrected chi connectivity index (χ0v) is 8.12. The van der Waals surface area contributed by atoms with Gasteiger partial charge in [-0.2, -0.15) is 0 Å². The van der Waals surface area contributed by atoms with Crippen molar-refractivity contribution in [3.8, 4) is 5.88 Å². The molecule has 78 valence electrons. The summed E-state index contributed by atoms with van der Waals surface area (Å²) in [5, 5.41) is 0. The van der Waals surface area contributed by atoms with E-state index in [9.17, 15) is 9.59 Å². The van der Waals surface area contributed by atoms with Crippen molar-refractivity contribution in [1.82, 2.24) is 19.9 Å². The number of aromatic amines is 2. The third-order valence-corrected chi connectivity index (χ3v) is 1.89. The molecule has 0 aliphatic rings. The molecular weight excluding hydrogens is 200 g/mol. The average molecular weight is 208 g/mol. The number of rotatable bonds is 1. The number of ether oxygens (including phenoxy) is 1. The fourth-order valence-electron chi connectivity index (χ4n) is 1.24. The van der Waals surface area contributed by atoms with Gasteiger partial charge in [-0.25, -0.2) is 14.8 Å². The lowest BCUT2D eigenvalue weighted by Gasteiger charge is -2.02. The largest absolute Gasteiger partial charge is 0.480 e. The van der Waals surface area contributed by atoms with Gasteiger partial charge in [0.25, 0.3) is 5.56 Å². The van der Waals surface area contributed by atoms with Crippen LogP contribution in [0.5, 0.6) is 5.88 Å². The lowest BCUT2D eigenvalue weighted by atomic mass is 10.4. The summed E-state index contributed by atoms with van der Waals surface area (Å²) in [5.41, 5.74) is -0.476. The molecule has 2 N–H and O–H groups in total. The fourth-order valence-corrected chi connectivity index (χ4v) is 1.24. The number of aryl methyl sites for hydroxylation is 1. The van der Waals surface area contributed by atoms with Crippen LogP contribution >= 0.6 is 0 Å². The summed E-state index contributed by atoms with van der Waals surface area (Å²) in [5.74, 6) is 0.264. The molecule has 0 saturated carbocycles. The molecule has 7 nitrogen and oxygen atoms in total. The summed E-state index contributed by atoms with van der Waals surface area (Å²) >= 11 is 0. The number of nitrogens with one attached hydrogen (secondary N) is 2. The minimum absolute atomic E-state index is 0.0528. The van der Waals surface area contributed by atoms with Crippen LogP contribution in [0.25, 0.3) is 11.2 Å². The third-order valence-electron chi connectivity index (χ3n) is 1.89. The van der Waals surface area contributed by atoms with E-state index in [2.05, 4.69) is 19.9 Å². The zero-order valence-electron chi connectivity index (χ0n) is 8.12. The fraction of sp³-hybridized carbons (Fsp3) is 0.250. The van der Waals surface area contributed by atoms with Crippen LogP contribution in [0.2, 0.25) is 0 Å². The van der Waals surface area contributed by atoms with Crippen molar-refractivity contribution in [3.05, 3.63) is 26.5 Å². The van der Waals surface area contributed by atoms with Gasteiger partial charge in [-0.05, 0) is 6.92 Å². The molecule has 7 heteroatoms. The van der Waals surface area contributed by atoms with Crippen molar-refractivity contribution in [1.29, 1.82) is 0 Å². The highest BCUT2D eigenvalue weighted by Gasteiger charge is 2.08. The maximum atomic E-state index is 11.3. The Morgan fingerprint density at radius 1 is 1.20 bits per heavy atom. The van der Waals surface area contributed by atoms with Gasteiger partial charge in [0.05, 0.1) is 7.11 Å². The molecule has 15 heavy (non-hydrogen) atoms. The Bertz CT molecular complexity index is 628. The molecule has 2 rings (SSSR count). The Balaban J connectivity index is 2.94. The highest BCUT2D eigenvalue weighted by molar-refractivity contribution is 5.68. The van der Waals surface area contributed by atoms with Crippen molar-refractivity contribution in [2.24, 2.45) is 0 Å². The van der Waals surface area contributed by atoms with E-state index in [1.807, 2.05) is 0 Å². The highest BCUT2D eigenvalue weighted by Crippen LogP contribution is 2.12. The first-order valence-electron chi connectivity index (χ1n) is 4.17. The van der Waals surface area contributed by atoms with Crippen molar-refractivity contribution in [2.45, 2.75) is 6.92 Å². The van der Waals surface area contributed by atoms with E-state index in [4.69, 9.17) is 4.74 Å². The Labute approximate surface area is 83.2 Å². The molecule has 0 radical (unpaired) electrons. The quantitative estimate of drug-likeness (QED) is 0.646. The minimum Gasteiger partial charge on any atom is -0.480 e. The van der Waals surface area contributed by atoms with Crippen molar-refractivity contribution in [3.63, 3.8) is 0 Å². The standard InChI is InChI=1S/C8H8N4O3/c1-3-7(15-2)10-4-5(9-3)11-8(14)12-6(4)13/h1-2H3,(H2,9,11,12,13,14). The first-order valence-corrected chi connectivity index (χ1v) is 4.17. The SMILES string of the molecule is COc1nc2c(=O)[nH]c(=O)[nH]c2nc1C. The number of methoxy groups -OCH3 is 1. The molecule has 2 heterocycles. The Hall–Kier alpha value is -2.18. The molecule has 0 aromatic carbocycles. The van der Waals surface area contributed by atoms with Crippen LogP contribution in [0.4, 0.5) is 0 Å². The van der Waals surface area contributed by atoms with Gasteiger partial charge in [-0.3, -0.25) is 14.8 Å². The summed E-state index contributed by atoms with van der Waals surface area (Å²) in [7, 11) is 1.43. The molecule has 0 spiro atoms. The van der Waals surface area contributed by atoms with E-state index in [1.54, 1.807) is 6.92 Å². The van der Waals surface area contributed by atoms with Crippen LogP contribution in [-0.2, 0) is 0 Å². The van der Waals surface area contributed by atoms with E-state index in [0.717, 1.165) is 0 Å². The maximum Gasteiger partial charge on any atom is 0.327 e. The van der Waals surface area contributed by atoms with E-state index < -0.39 is 11.2 Å². The normalized spacial score (nSPS) is 10.5. The lowest BCUT2D eigenvalue weighted by Crippen LogP contribution is -2.23. The van der Waals surface area contributed by atoms with Gasteiger partial charge in [0.1, 0.15) is 5.69 Å². The molecule has 2 aromatic heterocycles. The Morgan fingerprint density at radius 3 is 2.60 bits per heavy atom. The van der Waals surface area contributed by atoms with Crippen LogP contribution in [-0.4, -0.2) is 27.0 Å². The number of H-pyrrole nitrogens is 2. The van der Waals surface area contributed by atoms with Crippen molar-refractivity contribution in [2.75, 3.05) is 7.11 Å². The summed E-state index contributed by atoms with van der Waals surface area (Å²) in [6, 6.07) is 0. The molecule has 0 fully saturated rings. The van der Waals surface area contributed by atoms with Crippen molar-refractivity contribution >= 4 is 11.2 Å². The van der Waals surface area contributed by atoms with Crippen LogP contribution in [0.3, 0.4) is 0 Å². The van der Waals surface area contributed by atoms with Crippen LogP contribution in [0, 0.1) is 6.92 Å². The molecular formula is C8H8N4O3. The van der Waals surface area contributed by atoms with Gasteiger partial charge < -0.3 is 4.74 Å². The van der Waals surface area contributed by atoms with E-state index in [1.165, 1.54) is 7.11 Å². The number of nitrogens with zero attached hydrogens (tertiary/aromatic N) is 2. The third kappa shape index (κ3) is 1.47. The average Bonchev–Trinajstić information content (AvgIpc) is 2.16. The predicted molar refractivity (Wildman–Crippen MR) is 52.1 cm³/mol. The molecule has 0 atom stereocenters. The molecule has 0 saturated heterocycles. The second-order valence-electron chi connectivity index (χ2n) is 2.92. The van der Waals surface area contributed by atoms with Gasteiger partial charge in [0, 0.05) is 0 Å². The first kappa shape index (κ1) is 9.38. The number of aromatic nitrogens is 4. The molecule has 0 aliphatic carbocycles. The predicted octanol–water partition coefficient (Wildman–Crippen LogP) is -0.677. The van der Waals surface area contributed by atoms with Crippen molar-refractivity contribution < 1.29 is 4.74 Å².